The van der Waals surface area contributed by atoms with E-state index in [4.69, 9.17) is 0 Å². The van der Waals surface area contributed by atoms with Gasteiger partial charge in [0.05, 0.1) is 0 Å². The van der Waals surface area contributed by atoms with Crippen molar-refractivity contribution >= 4 is 11.8 Å². The molecule has 3 rings (SSSR count). The van der Waals surface area contributed by atoms with Crippen LogP contribution in [0, 0.1) is 5.41 Å². The van der Waals surface area contributed by atoms with Crippen LogP contribution in [0.1, 0.15) is 48.1 Å². The van der Waals surface area contributed by atoms with E-state index >= 15 is 0 Å². The number of hydrogen-bond donors (Lipinski definition) is 2. The van der Waals surface area contributed by atoms with E-state index in [0.29, 0.717) is 31.7 Å². The number of aromatic amines is 1. The minimum Gasteiger partial charge on any atom is -0.347 e. The van der Waals surface area contributed by atoms with Crippen molar-refractivity contribution in [2.75, 3.05) is 6.54 Å². The van der Waals surface area contributed by atoms with Crippen molar-refractivity contribution in [3.8, 4) is 0 Å². The van der Waals surface area contributed by atoms with Crippen LogP contribution >= 0.6 is 0 Å². The number of fused-ring (bicyclic) bond motifs is 1. The Bertz CT molecular complexity index is 774. The molecule has 0 aliphatic carbocycles. The maximum atomic E-state index is 12.5. The molecule has 1 aliphatic rings. The molecule has 0 saturated carbocycles. The number of nitrogens with zero attached hydrogens (tertiary/aromatic N) is 2. The quantitative estimate of drug-likeness (QED) is 0.900. The van der Waals surface area contributed by atoms with E-state index < -0.39 is 5.41 Å². The van der Waals surface area contributed by atoms with E-state index in [1.54, 1.807) is 0 Å². The molecule has 6 nitrogen and oxygen atoms in total. The number of hydrogen-bond acceptors (Lipinski definition) is 3. The molecule has 0 bridgehead atoms. The summed E-state index contributed by atoms with van der Waals surface area (Å²) >= 11 is 0. The van der Waals surface area contributed by atoms with E-state index in [2.05, 4.69) is 15.5 Å². The van der Waals surface area contributed by atoms with E-state index in [1.807, 2.05) is 56.0 Å². The van der Waals surface area contributed by atoms with Crippen molar-refractivity contribution < 1.29 is 9.59 Å². The number of amides is 2. The first-order valence-electron chi connectivity index (χ1n) is 8.54. The number of H-pyrrole nitrogens is 1. The molecule has 25 heavy (non-hydrogen) atoms. The van der Waals surface area contributed by atoms with Crippen LogP contribution in [0.25, 0.3) is 0 Å². The largest absolute Gasteiger partial charge is 0.347 e. The van der Waals surface area contributed by atoms with Gasteiger partial charge in [-0.15, -0.1) is 0 Å². The lowest BCUT2D eigenvalue weighted by Crippen LogP contribution is -2.42. The monoisotopic (exact) mass is 340 g/mol. The summed E-state index contributed by atoms with van der Waals surface area (Å²) in [6, 6.07) is 9.74. The van der Waals surface area contributed by atoms with Crippen LogP contribution in [-0.2, 0) is 24.3 Å². The molecule has 2 N–H and O–H groups in total. The lowest BCUT2D eigenvalue weighted by Gasteiger charge is -2.32. The second-order valence-corrected chi connectivity index (χ2v) is 7.42. The molecule has 0 fully saturated rings. The fourth-order valence-electron chi connectivity index (χ4n) is 2.99. The zero-order chi connectivity index (χ0) is 18.0. The number of nitrogens with one attached hydrogen (secondary N) is 2. The third kappa shape index (κ3) is 3.73. The Kier molecular flexibility index (Phi) is 4.61. The van der Waals surface area contributed by atoms with Gasteiger partial charge in [-0.1, -0.05) is 51.1 Å². The predicted octanol–water partition coefficient (Wildman–Crippen LogP) is 2.27. The molecule has 6 heteroatoms. The minimum absolute atomic E-state index is 0.0926. The summed E-state index contributed by atoms with van der Waals surface area (Å²) in [5.41, 5.74) is 2.76. The maximum Gasteiger partial charge on any atom is 0.272 e. The molecular formula is C19H24N4O2. The highest BCUT2D eigenvalue weighted by atomic mass is 16.2. The van der Waals surface area contributed by atoms with Crippen LogP contribution in [0.2, 0.25) is 0 Å². The van der Waals surface area contributed by atoms with E-state index in [0.717, 1.165) is 16.8 Å². The number of carbonyl (C=O) groups excluding carboxylic acids is 2. The Morgan fingerprint density at radius 1 is 1.24 bits per heavy atom. The van der Waals surface area contributed by atoms with Gasteiger partial charge in [0.2, 0.25) is 5.91 Å². The molecule has 2 aromatic rings. The second kappa shape index (κ2) is 6.70. The van der Waals surface area contributed by atoms with Gasteiger partial charge in [-0.2, -0.15) is 5.10 Å². The standard InChI is InChI=1S/C19H24N4O2/c1-19(2,3)18(25)23-10-9-15-14(12-23)16(22-21-15)17(24)20-11-13-7-5-4-6-8-13/h4-8H,9-12H2,1-3H3,(H,20,24)(H,21,22). The van der Waals surface area contributed by atoms with Crippen molar-refractivity contribution in [2.24, 2.45) is 5.41 Å². The summed E-state index contributed by atoms with van der Waals surface area (Å²) in [4.78, 5) is 26.9. The molecule has 2 amide bonds. The van der Waals surface area contributed by atoms with Crippen LogP contribution < -0.4 is 5.32 Å². The third-order valence-corrected chi connectivity index (χ3v) is 4.37. The van der Waals surface area contributed by atoms with Crippen LogP contribution in [-0.4, -0.2) is 33.5 Å². The lowest BCUT2D eigenvalue weighted by atomic mass is 9.93. The second-order valence-electron chi connectivity index (χ2n) is 7.42. The van der Waals surface area contributed by atoms with Gasteiger partial charge in [-0.3, -0.25) is 14.7 Å². The molecule has 0 atom stereocenters. The Morgan fingerprint density at radius 3 is 2.64 bits per heavy atom. The summed E-state index contributed by atoms with van der Waals surface area (Å²) in [5.74, 6) is -0.124. The molecule has 132 valence electrons. The molecule has 0 radical (unpaired) electrons. The van der Waals surface area contributed by atoms with E-state index in [9.17, 15) is 9.59 Å². The lowest BCUT2D eigenvalue weighted by molar-refractivity contribution is -0.140. The van der Waals surface area contributed by atoms with Gasteiger partial charge >= 0.3 is 0 Å². The fourth-order valence-corrected chi connectivity index (χ4v) is 2.99. The fraction of sp³-hybridized carbons (Fsp3) is 0.421. The number of benzene rings is 1. The van der Waals surface area contributed by atoms with Crippen LogP contribution in [0.4, 0.5) is 0 Å². The number of rotatable bonds is 3. The molecule has 1 aromatic carbocycles. The summed E-state index contributed by atoms with van der Waals surface area (Å²) < 4.78 is 0. The van der Waals surface area contributed by atoms with Gasteiger partial charge in [0.1, 0.15) is 0 Å². The van der Waals surface area contributed by atoms with Gasteiger partial charge in [0.25, 0.3) is 5.91 Å². The van der Waals surface area contributed by atoms with Crippen molar-refractivity contribution in [3.05, 3.63) is 52.8 Å². The van der Waals surface area contributed by atoms with Crippen LogP contribution in [0.3, 0.4) is 0 Å². The van der Waals surface area contributed by atoms with Crippen LogP contribution in [0.15, 0.2) is 30.3 Å². The summed E-state index contributed by atoms with van der Waals surface area (Å²) in [6.45, 7) is 7.26. The van der Waals surface area contributed by atoms with Gasteiger partial charge < -0.3 is 10.2 Å². The molecule has 0 saturated heterocycles. The highest BCUT2D eigenvalue weighted by molar-refractivity contribution is 5.94. The molecule has 2 heterocycles. The van der Waals surface area contributed by atoms with Crippen LogP contribution in [0.5, 0.6) is 0 Å². The topological polar surface area (TPSA) is 78.1 Å². The molecular weight excluding hydrogens is 316 g/mol. The SMILES string of the molecule is CC(C)(C)C(=O)N1CCc2[nH]nc(C(=O)NCc3ccccc3)c2C1. The summed E-state index contributed by atoms with van der Waals surface area (Å²) in [5, 5.41) is 10.0. The average Bonchev–Trinajstić information content (AvgIpc) is 3.02. The summed E-state index contributed by atoms with van der Waals surface area (Å²) in [6.07, 6.45) is 0.691. The Labute approximate surface area is 147 Å². The van der Waals surface area contributed by atoms with Gasteiger partial charge in [0, 0.05) is 42.7 Å². The Balaban J connectivity index is 1.72. The first kappa shape index (κ1) is 17.2. The zero-order valence-corrected chi connectivity index (χ0v) is 14.9. The zero-order valence-electron chi connectivity index (χ0n) is 14.9. The predicted molar refractivity (Wildman–Crippen MR) is 94.8 cm³/mol. The maximum absolute atomic E-state index is 12.5. The van der Waals surface area contributed by atoms with E-state index in [-0.39, 0.29) is 11.8 Å². The third-order valence-electron chi connectivity index (χ3n) is 4.37. The summed E-state index contributed by atoms with van der Waals surface area (Å²) in [7, 11) is 0. The smallest absolute Gasteiger partial charge is 0.272 e. The highest BCUT2D eigenvalue weighted by Crippen LogP contribution is 2.25. The molecule has 0 unspecified atom stereocenters. The first-order valence-corrected chi connectivity index (χ1v) is 8.54. The van der Waals surface area contributed by atoms with Gasteiger partial charge in [-0.25, -0.2) is 0 Å². The Hall–Kier alpha value is -2.63. The highest BCUT2D eigenvalue weighted by Gasteiger charge is 2.32. The van der Waals surface area contributed by atoms with Gasteiger partial charge in [0.15, 0.2) is 5.69 Å². The van der Waals surface area contributed by atoms with Crippen molar-refractivity contribution in [1.82, 2.24) is 20.4 Å². The Morgan fingerprint density at radius 2 is 1.96 bits per heavy atom. The minimum atomic E-state index is -0.434. The first-order chi connectivity index (χ1) is 11.9. The van der Waals surface area contributed by atoms with Crippen molar-refractivity contribution in [3.63, 3.8) is 0 Å². The van der Waals surface area contributed by atoms with E-state index in [1.165, 1.54) is 0 Å². The van der Waals surface area contributed by atoms with Gasteiger partial charge in [-0.05, 0) is 5.56 Å². The molecule has 0 spiro atoms. The molecule has 1 aromatic heterocycles. The number of carbonyl (C=O) groups is 2. The number of aromatic nitrogens is 2. The van der Waals surface area contributed by atoms with Crippen molar-refractivity contribution in [1.29, 1.82) is 0 Å². The average molecular weight is 340 g/mol. The molecule has 1 aliphatic heterocycles. The normalized spacial score (nSPS) is 14.1. The van der Waals surface area contributed by atoms with Crippen molar-refractivity contribution in [2.45, 2.75) is 40.3 Å².